The average Bonchev–Trinajstić information content (AvgIpc) is 2.72. The summed E-state index contributed by atoms with van der Waals surface area (Å²) in [6, 6.07) is 0. The predicted molar refractivity (Wildman–Crippen MR) is 127 cm³/mol. The van der Waals surface area contributed by atoms with Crippen LogP contribution in [0.3, 0.4) is 0 Å². The van der Waals surface area contributed by atoms with Crippen molar-refractivity contribution in [1.82, 2.24) is 0 Å². The van der Waals surface area contributed by atoms with Crippen LogP contribution in [0.15, 0.2) is 0 Å². The van der Waals surface area contributed by atoms with Gasteiger partial charge in [-0.05, 0) is 57.3 Å². The Labute approximate surface area is 187 Å². The lowest BCUT2D eigenvalue weighted by molar-refractivity contribution is -0.177. The second-order valence-corrected chi connectivity index (χ2v) is 9.99. The van der Waals surface area contributed by atoms with Gasteiger partial charge in [-0.15, -0.1) is 0 Å². The van der Waals surface area contributed by atoms with Gasteiger partial charge in [0.1, 0.15) is 6.61 Å². The molecule has 0 aromatic heterocycles. The molecule has 0 aliphatic carbocycles. The molecule has 0 saturated carbocycles. The zero-order valence-electron chi connectivity index (χ0n) is 21.6. The van der Waals surface area contributed by atoms with E-state index in [2.05, 4.69) is 48.5 Å². The van der Waals surface area contributed by atoms with Gasteiger partial charge in [0.05, 0.1) is 18.8 Å². The predicted octanol–water partition coefficient (Wildman–Crippen LogP) is 7.19. The minimum Gasteiger partial charge on any atom is -0.461 e. The van der Waals surface area contributed by atoms with Crippen LogP contribution in [0, 0.1) is 17.8 Å². The Morgan fingerprint density at radius 3 is 2.00 bits per heavy atom. The second-order valence-electron chi connectivity index (χ2n) is 9.99. The highest BCUT2D eigenvalue weighted by Gasteiger charge is 2.35. The molecule has 0 N–H and O–H groups in total. The highest BCUT2D eigenvalue weighted by atomic mass is 16.6. The molecule has 0 aromatic rings. The normalized spacial score (nSPS) is 17.9. The van der Waals surface area contributed by atoms with Gasteiger partial charge in [-0.1, -0.05) is 74.1 Å². The maximum absolute atomic E-state index is 12.7. The topological polar surface area (TPSA) is 44.8 Å². The Balaban J connectivity index is 4.37. The summed E-state index contributed by atoms with van der Waals surface area (Å²) < 4.78 is 17.6. The number of esters is 1. The number of carbonyl (C=O) groups excluding carboxylic acids is 1. The van der Waals surface area contributed by atoms with Crippen molar-refractivity contribution in [2.45, 2.75) is 131 Å². The molecule has 0 amide bonds. The Morgan fingerprint density at radius 2 is 1.47 bits per heavy atom. The van der Waals surface area contributed by atoms with Gasteiger partial charge in [-0.3, -0.25) is 0 Å². The van der Waals surface area contributed by atoms with Crippen molar-refractivity contribution in [2.75, 3.05) is 13.2 Å². The third-order valence-corrected chi connectivity index (χ3v) is 6.28. The Hall–Kier alpha value is -0.610. The first kappa shape index (κ1) is 29.4. The van der Waals surface area contributed by atoms with Crippen LogP contribution in [0.1, 0.15) is 114 Å². The van der Waals surface area contributed by atoms with Gasteiger partial charge in [-0.25, -0.2) is 4.79 Å². The van der Waals surface area contributed by atoms with Crippen LogP contribution in [-0.4, -0.2) is 37.0 Å². The van der Waals surface area contributed by atoms with Crippen LogP contribution in [0.2, 0.25) is 0 Å². The van der Waals surface area contributed by atoms with E-state index in [1.54, 1.807) is 0 Å². The monoisotopic (exact) mass is 428 g/mol. The quantitative estimate of drug-likeness (QED) is 0.217. The molecule has 180 valence electrons. The molecule has 5 atom stereocenters. The number of rotatable bonds is 18. The van der Waals surface area contributed by atoms with Crippen LogP contribution in [-0.2, 0) is 19.0 Å². The van der Waals surface area contributed by atoms with Crippen molar-refractivity contribution in [1.29, 1.82) is 0 Å². The Kier molecular flexibility index (Phi) is 15.8. The van der Waals surface area contributed by atoms with E-state index < -0.39 is 5.60 Å². The first-order chi connectivity index (χ1) is 14.1. The van der Waals surface area contributed by atoms with Crippen molar-refractivity contribution < 1.29 is 19.0 Å². The number of ether oxygens (including phenoxy) is 3. The van der Waals surface area contributed by atoms with Gasteiger partial charge in [0.2, 0.25) is 0 Å². The minimum atomic E-state index is -0.883. The molecule has 0 rings (SSSR count). The van der Waals surface area contributed by atoms with Gasteiger partial charge in [-0.2, -0.15) is 0 Å². The SMILES string of the molecule is CCC(C)OC(CC)COC(=O)C(C)(CC)OCC(C)CCC(C)CCCC(C)C. The van der Waals surface area contributed by atoms with E-state index in [0.29, 0.717) is 25.6 Å². The summed E-state index contributed by atoms with van der Waals surface area (Å²) >= 11 is 0. The molecule has 0 aliphatic heterocycles. The molecule has 0 bridgehead atoms. The van der Waals surface area contributed by atoms with E-state index in [0.717, 1.165) is 31.1 Å². The van der Waals surface area contributed by atoms with Gasteiger partial charge in [0, 0.05) is 0 Å². The van der Waals surface area contributed by atoms with Crippen molar-refractivity contribution >= 4 is 5.97 Å². The molecule has 0 fully saturated rings. The molecule has 0 saturated heterocycles. The summed E-state index contributed by atoms with van der Waals surface area (Å²) in [6.07, 6.45) is 8.82. The fourth-order valence-corrected chi connectivity index (χ4v) is 3.30. The lowest BCUT2D eigenvalue weighted by atomic mass is 9.93. The molecule has 0 heterocycles. The van der Waals surface area contributed by atoms with E-state index >= 15 is 0 Å². The molecule has 0 spiro atoms. The lowest BCUT2D eigenvalue weighted by Crippen LogP contribution is -2.42. The highest BCUT2D eigenvalue weighted by molar-refractivity contribution is 5.79. The third-order valence-electron chi connectivity index (χ3n) is 6.28. The summed E-state index contributed by atoms with van der Waals surface area (Å²) in [4.78, 5) is 12.7. The maximum Gasteiger partial charge on any atom is 0.338 e. The van der Waals surface area contributed by atoms with Gasteiger partial charge in [0.25, 0.3) is 0 Å². The van der Waals surface area contributed by atoms with E-state index in [1.807, 2.05) is 13.8 Å². The van der Waals surface area contributed by atoms with Gasteiger partial charge < -0.3 is 14.2 Å². The van der Waals surface area contributed by atoms with E-state index in [9.17, 15) is 4.79 Å². The van der Waals surface area contributed by atoms with E-state index in [1.165, 1.54) is 25.7 Å². The molecule has 0 radical (unpaired) electrons. The average molecular weight is 429 g/mol. The molecular weight excluding hydrogens is 376 g/mol. The first-order valence-electron chi connectivity index (χ1n) is 12.5. The zero-order valence-corrected chi connectivity index (χ0v) is 21.6. The number of carbonyl (C=O) groups is 1. The summed E-state index contributed by atoms with van der Waals surface area (Å²) in [5.41, 5.74) is -0.883. The van der Waals surface area contributed by atoms with Crippen molar-refractivity contribution in [2.24, 2.45) is 17.8 Å². The summed E-state index contributed by atoms with van der Waals surface area (Å²) in [5.74, 6) is 1.72. The highest BCUT2D eigenvalue weighted by Crippen LogP contribution is 2.23. The standard InChI is InChI=1S/C26H52O4/c1-10-23(8)30-24(11-2)19-28-25(27)26(9,12-3)29-18-22(7)17-16-21(6)15-13-14-20(4)5/h20-24H,10-19H2,1-9H3. The molecular formula is C26H52O4. The molecule has 4 nitrogen and oxygen atoms in total. The van der Waals surface area contributed by atoms with Crippen LogP contribution in [0.25, 0.3) is 0 Å². The van der Waals surface area contributed by atoms with Crippen molar-refractivity contribution in [3.8, 4) is 0 Å². The van der Waals surface area contributed by atoms with E-state index in [-0.39, 0.29) is 18.2 Å². The molecule has 0 aliphatic rings. The first-order valence-corrected chi connectivity index (χ1v) is 12.5. The van der Waals surface area contributed by atoms with Crippen molar-refractivity contribution in [3.05, 3.63) is 0 Å². The summed E-state index contributed by atoms with van der Waals surface area (Å²) in [7, 11) is 0. The Morgan fingerprint density at radius 1 is 0.833 bits per heavy atom. The summed E-state index contributed by atoms with van der Waals surface area (Å²) in [5, 5.41) is 0. The molecule has 4 heteroatoms. The molecule has 0 aromatic carbocycles. The number of hydrogen-bond acceptors (Lipinski definition) is 4. The fourth-order valence-electron chi connectivity index (χ4n) is 3.30. The van der Waals surface area contributed by atoms with Gasteiger partial charge >= 0.3 is 5.97 Å². The zero-order chi connectivity index (χ0) is 23.2. The van der Waals surface area contributed by atoms with Crippen LogP contribution in [0.4, 0.5) is 0 Å². The van der Waals surface area contributed by atoms with Crippen LogP contribution < -0.4 is 0 Å². The van der Waals surface area contributed by atoms with Crippen molar-refractivity contribution in [3.63, 3.8) is 0 Å². The maximum atomic E-state index is 12.7. The molecule has 5 unspecified atom stereocenters. The minimum absolute atomic E-state index is 0.0545. The summed E-state index contributed by atoms with van der Waals surface area (Å²) in [6.45, 7) is 20.1. The number of hydrogen-bond donors (Lipinski definition) is 0. The lowest BCUT2D eigenvalue weighted by Gasteiger charge is -2.29. The van der Waals surface area contributed by atoms with Gasteiger partial charge in [0.15, 0.2) is 5.60 Å². The smallest absolute Gasteiger partial charge is 0.338 e. The Bertz CT molecular complexity index is 437. The molecule has 30 heavy (non-hydrogen) atoms. The third kappa shape index (κ3) is 12.9. The largest absolute Gasteiger partial charge is 0.461 e. The second kappa shape index (κ2) is 16.1. The van der Waals surface area contributed by atoms with E-state index in [4.69, 9.17) is 14.2 Å². The fraction of sp³-hybridized carbons (Fsp3) is 0.962. The van der Waals surface area contributed by atoms with Crippen LogP contribution >= 0.6 is 0 Å². The van der Waals surface area contributed by atoms with Crippen LogP contribution in [0.5, 0.6) is 0 Å².